The standard InChI is InChI=1S/C13H17IN2O2S/c1-2-19-13-5-3-4-12(13)15-11-7-6-9(16(17)18)8-10(11)14/h6-8,12-13,15H,2-5H2,1H3. The molecular formula is C13H17IN2O2S. The van der Waals surface area contributed by atoms with Crippen LogP contribution in [0.5, 0.6) is 0 Å². The maximum atomic E-state index is 10.7. The van der Waals surface area contributed by atoms with Crippen molar-refractivity contribution < 1.29 is 4.92 Å². The van der Waals surface area contributed by atoms with Crippen molar-refractivity contribution in [2.24, 2.45) is 0 Å². The van der Waals surface area contributed by atoms with E-state index in [1.807, 2.05) is 17.8 Å². The number of hydrogen-bond donors (Lipinski definition) is 1. The van der Waals surface area contributed by atoms with Gasteiger partial charge in [-0.05, 0) is 47.3 Å². The first-order valence-electron chi connectivity index (χ1n) is 6.44. The highest BCUT2D eigenvalue weighted by Crippen LogP contribution is 2.33. The normalized spacial score (nSPS) is 22.4. The Labute approximate surface area is 131 Å². The average molecular weight is 392 g/mol. The monoisotopic (exact) mass is 392 g/mol. The van der Waals surface area contributed by atoms with Crippen LogP contribution in [0.15, 0.2) is 18.2 Å². The molecule has 0 bridgehead atoms. The number of rotatable bonds is 5. The third-order valence-corrected chi connectivity index (χ3v) is 5.56. The van der Waals surface area contributed by atoms with Gasteiger partial charge in [0, 0.05) is 32.7 Å². The van der Waals surface area contributed by atoms with Crippen molar-refractivity contribution in [3.63, 3.8) is 0 Å². The van der Waals surface area contributed by atoms with Crippen molar-refractivity contribution in [1.82, 2.24) is 0 Å². The topological polar surface area (TPSA) is 55.2 Å². The second-order valence-corrected chi connectivity index (χ2v) is 7.28. The number of hydrogen-bond acceptors (Lipinski definition) is 4. The fourth-order valence-electron chi connectivity index (χ4n) is 2.44. The number of non-ortho nitro benzene ring substituents is 1. The Hall–Kier alpha value is -0.500. The Kier molecular flexibility index (Phi) is 5.32. The highest BCUT2D eigenvalue weighted by atomic mass is 127. The van der Waals surface area contributed by atoms with E-state index in [0.717, 1.165) is 15.0 Å². The number of anilines is 1. The molecule has 1 aromatic rings. The second kappa shape index (κ2) is 6.78. The number of nitro benzene ring substituents is 1. The number of nitrogens with one attached hydrogen (secondary N) is 1. The lowest BCUT2D eigenvalue weighted by molar-refractivity contribution is -0.384. The minimum atomic E-state index is -0.350. The van der Waals surface area contributed by atoms with Crippen molar-refractivity contribution in [3.8, 4) is 0 Å². The van der Waals surface area contributed by atoms with Gasteiger partial charge < -0.3 is 5.32 Å². The third-order valence-electron chi connectivity index (χ3n) is 3.34. The van der Waals surface area contributed by atoms with Crippen molar-refractivity contribution in [1.29, 1.82) is 0 Å². The number of halogens is 1. The zero-order valence-corrected chi connectivity index (χ0v) is 13.7. The van der Waals surface area contributed by atoms with E-state index >= 15 is 0 Å². The molecule has 2 unspecified atom stereocenters. The van der Waals surface area contributed by atoms with E-state index in [1.165, 1.54) is 19.3 Å². The summed E-state index contributed by atoms with van der Waals surface area (Å²) in [5.74, 6) is 1.14. The Morgan fingerprint density at radius 2 is 2.32 bits per heavy atom. The quantitative estimate of drug-likeness (QED) is 0.462. The van der Waals surface area contributed by atoms with E-state index in [2.05, 4.69) is 34.8 Å². The van der Waals surface area contributed by atoms with Gasteiger partial charge in [-0.15, -0.1) is 0 Å². The van der Waals surface area contributed by atoms with Crippen LogP contribution >= 0.6 is 34.4 Å². The van der Waals surface area contributed by atoms with Crippen LogP contribution in [0.3, 0.4) is 0 Å². The Balaban J connectivity index is 2.08. The Morgan fingerprint density at radius 1 is 1.53 bits per heavy atom. The first-order valence-corrected chi connectivity index (χ1v) is 8.56. The fourth-order valence-corrected chi connectivity index (χ4v) is 4.29. The molecule has 2 atom stereocenters. The van der Waals surface area contributed by atoms with Crippen LogP contribution in [0, 0.1) is 13.7 Å². The van der Waals surface area contributed by atoms with Crippen molar-refractivity contribution in [3.05, 3.63) is 31.9 Å². The van der Waals surface area contributed by atoms with Gasteiger partial charge in [0.05, 0.1) is 4.92 Å². The number of nitro groups is 1. The molecule has 0 heterocycles. The summed E-state index contributed by atoms with van der Waals surface area (Å²) < 4.78 is 0.916. The Bertz CT molecular complexity index is 470. The molecule has 1 aliphatic rings. The molecule has 4 nitrogen and oxygen atoms in total. The minimum Gasteiger partial charge on any atom is -0.380 e. The van der Waals surface area contributed by atoms with E-state index in [1.54, 1.807) is 12.1 Å². The fraction of sp³-hybridized carbons (Fsp3) is 0.538. The summed E-state index contributed by atoms with van der Waals surface area (Å²) in [5.41, 5.74) is 1.17. The van der Waals surface area contributed by atoms with Gasteiger partial charge in [-0.3, -0.25) is 10.1 Å². The molecule has 0 aromatic heterocycles. The van der Waals surface area contributed by atoms with E-state index in [9.17, 15) is 10.1 Å². The van der Waals surface area contributed by atoms with Crippen LogP contribution in [-0.2, 0) is 0 Å². The second-order valence-electron chi connectivity index (χ2n) is 4.60. The lowest BCUT2D eigenvalue weighted by Crippen LogP contribution is -2.26. The molecule has 0 saturated heterocycles. The summed E-state index contributed by atoms with van der Waals surface area (Å²) in [7, 11) is 0. The number of thioether (sulfide) groups is 1. The predicted octanol–water partition coefficient (Wildman–Crippen LogP) is 4.29. The van der Waals surface area contributed by atoms with Crippen LogP contribution in [0.2, 0.25) is 0 Å². The molecule has 1 aromatic carbocycles. The summed E-state index contributed by atoms with van der Waals surface area (Å²) in [6.07, 6.45) is 3.71. The van der Waals surface area contributed by atoms with Crippen LogP contribution in [0.25, 0.3) is 0 Å². The van der Waals surface area contributed by atoms with Crippen LogP contribution in [0.1, 0.15) is 26.2 Å². The smallest absolute Gasteiger partial charge is 0.270 e. The van der Waals surface area contributed by atoms with Crippen molar-refractivity contribution in [2.75, 3.05) is 11.1 Å². The molecule has 0 radical (unpaired) electrons. The van der Waals surface area contributed by atoms with E-state index in [0.29, 0.717) is 11.3 Å². The molecule has 0 amide bonds. The molecule has 1 fully saturated rings. The van der Waals surface area contributed by atoms with Crippen LogP contribution in [-0.4, -0.2) is 22.0 Å². The maximum absolute atomic E-state index is 10.7. The van der Waals surface area contributed by atoms with Gasteiger partial charge in [0.2, 0.25) is 0 Å². The number of nitrogens with zero attached hydrogens (tertiary/aromatic N) is 1. The molecule has 104 valence electrons. The first-order chi connectivity index (χ1) is 9.11. The summed E-state index contributed by atoms with van der Waals surface area (Å²) in [5, 5.41) is 14.9. The van der Waals surface area contributed by atoms with Crippen LogP contribution < -0.4 is 5.32 Å². The Morgan fingerprint density at radius 3 is 2.95 bits per heavy atom. The highest BCUT2D eigenvalue weighted by molar-refractivity contribution is 14.1. The average Bonchev–Trinajstić information content (AvgIpc) is 2.79. The molecule has 6 heteroatoms. The first kappa shape index (κ1) is 14.9. The summed E-state index contributed by atoms with van der Waals surface area (Å²) >= 11 is 4.17. The van der Waals surface area contributed by atoms with Gasteiger partial charge in [0.1, 0.15) is 0 Å². The SMILES string of the molecule is CCSC1CCCC1Nc1ccc([N+](=O)[O-])cc1I. The van der Waals surface area contributed by atoms with Gasteiger partial charge in [-0.25, -0.2) is 0 Å². The highest BCUT2D eigenvalue weighted by Gasteiger charge is 2.27. The van der Waals surface area contributed by atoms with Gasteiger partial charge in [-0.1, -0.05) is 13.3 Å². The summed E-state index contributed by atoms with van der Waals surface area (Å²) in [6, 6.07) is 5.51. The molecule has 1 aliphatic carbocycles. The van der Waals surface area contributed by atoms with Crippen molar-refractivity contribution >= 4 is 45.7 Å². The zero-order valence-electron chi connectivity index (χ0n) is 10.8. The van der Waals surface area contributed by atoms with E-state index < -0.39 is 0 Å². The predicted molar refractivity (Wildman–Crippen MR) is 89.0 cm³/mol. The summed E-state index contributed by atoms with van der Waals surface area (Å²) in [6.45, 7) is 2.19. The molecule has 1 N–H and O–H groups in total. The molecule has 0 aliphatic heterocycles. The lowest BCUT2D eigenvalue weighted by atomic mass is 10.2. The zero-order chi connectivity index (χ0) is 13.8. The van der Waals surface area contributed by atoms with Gasteiger partial charge >= 0.3 is 0 Å². The van der Waals surface area contributed by atoms with Crippen LogP contribution in [0.4, 0.5) is 11.4 Å². The molecule has 2 rings (SSSR count). The van der Waals surface area contributed by atoms with Crippen molar-refractivity contribution in [2.45, 2.75) is 37.5 Å². The van der Waals surface area contributed by atoms with E-state index in [-0.39, 0.29) is 10.6 Å². The maximum Gasteiger partial charge on any atom is 0.270 e. The van der Waals surface area contributed by atoms with Gasteiger partial charge in [0.25, 0.3) is 5.69 Å². The van der Waals surface area contributed by atoms with Gasteiger partial charge in [0.15, 0.2) is 0 Å². The molecule has 0 spiro atoms. The lowest BCUT2D eigenvalue weighted by Gasteiger charge is -2.22. The molecule has 19 heavy (non-hydrogen) atoms. The molecule has 1 saturated carbocycles. The summed E-state index contributed by atoms with van der Waals surface area (Å²) in [4.78, 5) is 10.4. The van der Waals surface area contributed by atoms with E-state index in [4.69, 9.17) is 0 Å². The van der Waals surface area contributed by atoms with Gasteiger partial charge in [-0.2, -0.15) is 11.8 Å². The minimum absolute atomic E-state index is 0.154. The largest absolute Gasteiger partial charge is 0.380 e. The molecular weight excluding hydrogens is 375 g/mol. The number of benzene rings is 1. The third kappa shape index (κ3) is 3.75.